The number of hydrogen-bond acceptors (Lipinski definition) is 5. The maximum Gasteiger partial charge on any atom is 0.334 e. The first-order chi connectivity index (χ1) is 8.82. The second-order valence-electron chi connectivity index (χ2n) is 4.06. The molecule has 0 radical (unpaired) electrons. The van der Waals surface area contributed by atoms with E-state index < -0.39 is 53.1 Å². The van der Waals surface area contributed by atoms with Gasteiger partial charge in [-0.25, -0.2) is 13.2 Å². The second-order valence-corrected chi connectivity index (χ2v) is 4.06. The maximum atomic E-state index is 13.5. The molecule has 1 aliphatic rings. The lowest BCUT2D eigenvalue weighted by Crippen LogP contribution is -2.43. The van der Waals surface area contributed by atoms with Gasteiger partial charge in [-0.15, -0.1) is 0 Å². The van der Waals surface area contributed by atoms with Gasteiger partial charge in [0.05, 0.1) is 18.1 Å². The third kappa shape index (κ3) is 2.69. The Balaban J connectivity index is 2.20. The van der Waals surface area contributed by atoms with Crippen LogP contribution in [0.1, 0.15) is 12.8 Å². The van der Waals surface area contributed by atoms with Gasteiger partial charge in [-0.2, -0.15) is 4.98 Å². The van der Waals surface area contributed by atoms with Gasteiger partial charge < -0.3 is 9.47 Å². The van der Waals surface area contributed by atoms with Gasteiger partial charge in [0.15, 0.2) is 5.82 Å². The van der Waals surface area contributed by atoms with Crippen LogP contribution in [0.4, 0.5) is 18.9 Å². The van der Waals surface area contributed by atoms with Crippen molar-refractivity contribution < 1.29 is 27.6 Å². The van der Waals surface area contributed by atoms with E-state index in [1.54, 1.807) is 0 Å². The SMILES string of the molecule is COc1nc(OC2CC(F)(F)C2)c(F)cc1[N+](=O)[O-]. The minimum Gasteiger partial charge on any atom is -0.476 e. The number of nitro groups is 1. The van der Waals surface area contributed by atoms with Crippen LogP contribution in [0.5, 0.6) is 11.8 Å². The van der Waals surface area contributed by atoms with Crippen LogP contribution in [0, 0.1) is 15.9 Å². The van der Waals surface area contributed by atoms with Crippen LogP contribution in [0.15, 0.2) is 6.07 Å². The topological polar surface area (TPSA) is 74.5 Å². The lowest BCUT2D eigenvalue weighted by Gasteiger charge is -2.34. The van der Waals surface area contributed by atoms with E-state index in [4.69, 9.17) is 4.74 Å². The number of methoxy groups -OCH3 is 1. The normalized spacial score (nSPS) is 17.7. The van der Waals surface area contributed by atoms with Crippen LogP contribution >= 0.6 is 0 Å². The molecule has 1 heterocycles. The maximum absolute atomic E-state index is 13.5. The van der Waals surface area contributed by atoms with Crippen LogP contribution in [-0.4, -0.2) is 29.0 Å². The molecule has 0 saturated heterocycles. The highest BCUT2D eigenvalue weighted by Crippen LogP contribution is 2.40. The van der Waals surface area contributed by atoms with Crippen LogP contribution in [0.25, 0.3) is 0 Å². The molecule has 1 aromatic heterocycles. The number of alkyl halides is 2. The van der Waals surface area contributed by atoms with Gasteiger partial charge in [-0.05, 0) is 0 Å². The Hall–Kier alpha value is -2.06. The molecule has 1 aromatic rings. The van der Waals surface area contributed by atoms with Crippen LogP contribution in [0.2, 0.25) is 0 Å². The largest absolute Gasteiger partial charge is 0.476 e. The summed E-state index contributed by atoms with van der Waals surface area (Å²) in [7, 11) is 1.12. The predicted molar refractivity (Wildman–Crippen MR) is 56.0 cm³/mol. The Kier molecular flexibility index (Phi) is 3.21. The number of ether oxygens (including phenoxy) is 2. The van der Waals surface area contributed by atoms with Crippen molar-refractivity contribution in [3.05, 3.63) is 22.0 Å². The summed E-state index contributed by atoms with van der Waals surface area (Å²) >= 11 is 0. The van der Waals surface area contributed by atoms with Crippen molar-refractivity contribution in [3.8, 4) is 11.8 Å². The standard InChI is InChI=1S/C10H9F3N2O4/c1-18-9-7(15(16)17)2-6(11)8(14-9)19-5-3-10(12,13)4-5/h2,5H,3-4H2,1H3. The molecule has 2 rings (SSSR count). The molecule has 0 unspecified atom stereocenters. The monoisotopic (exact) mass is 278 g/mol. The highest BCUT2D eigenvalue weighted by atomic mass is 19.3. The summed E-state index contributed by atoms with van der Waals surface area (Å²) in [5.41, 5.74) is -0.661. The molecule has 0 bridgehead atoms. The molecule has 1 saturated carbocycles. The molecule has 104 valence electrons. The highest BCUT2D eigenvalue weighted by molar-refractivity contribution is 5.43. The molecular weight excluding hydrogens is 269 g/mol. The molecule has 0 spiro atoms. The summed E-state index contributed by atoms with van der Waals surface area (Å²) in [5.74, 6) is -4.93. The summed E-state index contributed by atoms with van der Waals surface area (Å²) in [6.45, 7) is 0. The third-order valence-electron chi connectivity index (χ3n) is 2.61. The Labute approximate surface area is 105 Å². The molecule has 9 heteroatoms. The van der Waals surface area contributed by atoms with E-state index >= 15 is 0 Å². The summed E-state index contributed by atoms with van der Waals surface area (Å²) in [5, 5.41) is 10.6. The van der Waals surface area contributed by atoms with Crippen LogP contribution in [0.3, 0.4) is 0 Å². The number of aromatic nitrogens is 1. The Morgan fingerprint density at radius 1 is 1.47 bits per heavy atom. The molecule has 1 fully saturated rings. The minimum absolute atomic E-state index is 0.438. The zero-order valence-electron chi connectivity index (χ0n) is 9.73. The van der Waals surface area contributed by atoms with E-state index in [0.29, 0.717) is 6.07 Å². The second kappa shape index (κ2) is 4.56. The van der Waals surface area contributed by atoms with Gasteiger partial charge in [0, 0.05) is 12.8 Å². The zero-order valence-corrected chi connectivity index (χ0v) is 9.73. The van der Waals surface area contributed by atoms with Gasteiger partial charge in [-0.1, -0.05) is 0 Å². The predicted octanol–water partition coefficient (Wildman–Crippen LogP) is 2.31. The first kappa shape index (κ1) is 13.4. The van der Waals surface area contributed by atoms with E-state index in [2.05, 4.69) is 9.72 Å². The van der Waals surface area contributed by atoms with Crippen molar-refractivity contribution in [3.63, 3.8) is 0 Å². The van der Waals surface area contributed by atoms with Crippen LogP contribution < -0.4 is 9.47 Å². The summed E-state index contributed by atoms with van der Waals surface area (Å²) in [6, 6.07) is 0.581. The average molecular weight is 278 g/mol. The number of halogens is 3. The highest BCUT2D eigenvalue weighted by Gasteiger charge is 2.47. The molecule has 19 heavy (non-hydrogen) atoms. The lowest BCUT2D eigenvalue weighted by atomic mass is 9.91. The fraction of sp³-hybridized carbons (Fsp3) is 0.500. The van der Waals surface area contributed by atoms with E-state index in [1.807, 2.05) is 0 Å². The van der Waals surface area contributed by atoms with Crippen molar-refractivity contribution in [2.24, 2.45) is 0 Å². The number of pyridine rings is 1. The van der Waals surface area contributed by atoms with Crippen LogP contribution in [-0.2, 0) is 0 Å². The van der Waals surface area contributed by atoms with Gasteiger partial charge >= 0.3 is 5.69 Å². The fourth-order valence-electron chi connectivity index (χ4n) is 1.66. The number of hydrogen-bond donors (Lipinski definition) is 0. The van der Waals surface area contributed by atoms with E-state index in [-0.39, 0.29) is 0 Å². The smallest absolute Gasteiger partial charge is 0.334 e. The van der Waals surface area contributed by atoms with Crippen molar-refractivity contribution in [1.29, 1.82) is 0 Å². The van der Waals surface area contributed by atoms with Crippen molar-refractivity contribution in [1.82, 2.24) is 4.98 Å². The summed E-state index contributed by atoms with van der Waals surface area (Å²) < 4.78 is 48.3. The molecule has 0 atom stereocenters. The van der Waals surface area contributed by atoms with Gasteiger partial charge in [0.1, 0.15) is 6.10 Å². The molecular formula is C10H9F3N2O4. The van der Waals surface area contributed by atoms with Crippen molar-refractivity contribution in [2.75, 3.05) is 7.11 Å². The van der Waals surface area contributed by atoms with Crippen molar-refractivity contribution >= 4 is 5.69 Å². The Bertz CT molecular complexity index is 516. The van der Waals surface area contributed by atoms with Gasteiger partial charge in [0.25, 0.3) is 17.7 Å². The minimum atomic E-state index is -2.81. The first-order valence-corrected chi connectivity index (χ1v) is 5.26. The number of nitrogens with zero attached hydrogens (tertiary/aromatic N) is 2. The Morgan fingerprint density at radius 2 is 2.11 bits per heavy atom. The molecule has 0 N–H and O–H groups in total. The van der Waals surface area contributed by atoms with E-state index in [1.165, 1.54) is 0 Å². The van der Waals surface area contributed by atoms with Gasteiger partial charge in [0.2, 0.25) is 0 Å². The molecule has 6 nitrogen and oxygen atoms in total. The Morgan fingerprint density at radius 3 is 2.58 bits per heavy atom. The summed E-state index contributed by atoms with van der Waals surface area (Å²) in [4.78, 5) is 13.2. The quantitative estimate of drug-likeness (QED) is 0.624. The zero-order chi connectivity index (χ0) is 14.2. The first-order valence-electron chi connectivity index (χ1n) is 5.26. The molecule has 0 aromatic carbocycles. The molecule has 1 aliphatic carbocycles. The third-order valence-corrected chi connectivity index (χ3v) is 2.61. The van der Waals surface area contributed by atoms with Gasteiger partial charge in [-0.3, -0.25) is 10.1 Å². The van der Waals surface area contributed by atoms with E-state index in [0.717, 1.165) is 7.11 Å². The lowest BCUT2D eigenvalue weighted by molar-refractivity contribution is -0.386. The average Bonchev–Trinajstić information content (AvgIpc) is 2.28. The van der Waals surface area contributed by atoms with Crippen molar-refractivity contribution in [2.45, 2.75) is 24.9 Å². The fourth-order valence-corrected chi connectivity index (χ4v) is 1.66. The summed E-state index contributed by atoms with van der Waals surface area (Å²) in [6.07, 6.45) is -1.93. The number of rotatable bonds is 4. The molecule has 0 aliphatic heterocycles. The molecule has 0 amide bonds. The van der Waals surface area contributed by atoms with E-state index in [9.17, 15) is 23.3 Å².